The zero-order chi connectivity index (χ0) is 10.5. The smallest absolute Gasteiger partial charge is 0.0543 e. The third-order valence-corrected chi connectivity index (χ3v) is 3.76. The van der Waals surface area contributed by atoms with Gasteiger partial charge in [0.05, 0.1) is 6.10 Å². The van der Waals surface area contributed by atoms with Crippen LogP contribution < -0.4 is 5.32 Å². The van der Waals surface area contributed by atoms with Crippen molar-refractivity contribution in [3.05, 3.63) is 12.2 Å². The maximum atomic E-state index is 9.41. The standard InChI is InChI=1S/C13H23NO/c15-13-7-6-12(8-13)10-14-9-11-4-2-1-3-5-11/h1-2,11-15H,3-10H2. The molecule has 0 aliphatic heterocycles. The molecule has 0 bridgehead atoms. The summed E-state index contributed by atoms with van der Waals surface area (Å²) in [5, 5.41) is 13.0. The van der Waals surface area contributed by atoms with Gasteiger partial charge in [-0.15, -0.1) is 0 Å². The highest BCUT2D eigenvalue weighted by atomic mass is 16.3. The van der Waals surface area contributed by atoms with Crippen molar-refractivity contribution in [2.45, 2.75) is 44.6 Å². The molecule has 0 amide bonds. The number of allylic oxidation sites excluding steroid dienone is 2. The van der Waals surface area contributed by atoms with Crippen molar-refractivity contribution in [2.24, 2.45) is 11.8 Å². The highest BCUT2D eigenvalue weighted by molar-refractivity contribution is 4.90. The summed E-state index contributed by atoms with van der Waals surface area (Å²) in [4.78, 5) is 0. The van der Waals surface area contributed by atoms with Gasteiger partial charge in [-0.3, -0.25) is 0 Å². The molecule has 2 nitrogen and oxygen atoms in total. The zero-order valence-electron chi connectivity index (χ0n) is 9.49. The lowest BCUT2D eigenvalue weighted by Crippen LogP contribution is -2.28. The second-order valence-electron chi connectivity index (χ2n) is 5.14. The molecule has 1 saturated carbocycles. The summed E-state index contributed by atoms with van der Waals surface area (Å²) in [6, 6.07) is 0. The number of aliphatic hydroxyl groups excluding tert-OH is 1. The second kappa shape index (κ2) is 5.66. The molecule has 2 heteroatoms. The molecular weight excluding hydrogens is 186 g/mol. The first kappa shape index (κ1) is 11.2. The molecular formula is C13H23NO. The normalized spacial score (nSPS) is 35.9. The van der Waals surface area contributed by atoms with Crippen LogP contribution >= 0.6 is 0 Å². The summed E-state index contributed by atoms with van der Waals surface area (Å²) in [5.74, 6) is 1.57. The molecule has 2 rings (SSSR count). The third kappa shape index (κ3) is 3.62. The quantitative estimate of drug-likeness (QED) is 0.695. The SMILES string of the molecule is OC1CCC(CNCC2CC=CCC2)C1. The van der Waals surface area contributed by atoms with E-state index in [0.29, 0.717) is 0 Å². The van der Waals surface area contributed by atoms with Gasteiger partial charge in [0.15, 0.2) is 0 Å². The van der Waals surface area contributed by atoms with Gasteiger partial charge in [0.2, 0.25) is 0 Å². The van der Waals surface area contributed by atoms with Crippen molar-refractivity contribution in [3.63, 3.8) is 0 Å². The highest BCUT2D eigenvalue weighted by Crippen LogP contribution is 2.24. The van der Waals surface area contributed by atoms with Crippen molar-refractivity contribution in [2.75, 3.05) is 13.1 Å². The Balaban J connectivity index is 1.56. The number of rotatable bonds is 4. The average Bonchev–Trinajstić information content (AvgIpc) is 2.66. The van der Waals surface area contributed by atoms with Gasteiger partial charge in [0, 0.05) is 0 Å². The van der Waals surface area contributed by atoms with E-state index in [-0.39, 0.29) is 6.10 Å². The molecule has 3 atom stereocenters. The van der Waals surface area contributed by atoms with Crippen LogP contribution in [0.2, 0.25) is 0 Å². The van der Waals surface area contributed by atoms with Gasteiger partial charge in [-0.1, -0.05) is 12.2 Å². The fraction of sp³-hybridized carbons (Fsp3) is 0.846. The van der Waals surface area contributed by atoms with E-state index in [4.69, 9.17) is 0 Å². The van der Waals surface area contributed by atoms with Gasteiger partial charge in [-0.25, -0.2) is 0 Å². The van der Waals surface area contributed by atoms with E-state index in [9.17, 15) is 5.11 Å². The van der Waals surface area contributed by atoms with Crippen LogP contribution in [-0.2, 0) is 0 Å². The Morgan fingerprint density at radius 3 is 2.60 bits per heavy atom. The summed E-state index contributed by atoms with van der Waals surface area (Å²) in [6.07, 6.45) is 11.7. The molecule has 2 aliphatic rings. The summed E-state index contributed by atoms with van der Waals surface area (Å²) < 4.78 is 0. The molecule has 86 valence electrons. The van der Waals surface area contributed by atoms with Gasteiger partial charge in [0.1, 0.15) is 0 Å². The summed E-state index contributed by atoms with van der Waals surface area (Å²) >= 11 is 0. The minimum absolute atomic E-state index is 0.0191. The second-order valence-corrected chi connectivity index (χ2v) is 5.14. The molecule has 0 radical (unpaired) electrons. The van der Waals surface area contributed by atoms with Crippen LogP contribution in [0.4, 0.5) is 0 Å². The van der Waals surface area contributed by atoms with E-state index >= 15 is 0 Å². The van der Waals surface area contributed by atoms with Gasteiger partial charge < -0.3 is 10.4 Å². The van der Waals surface area contributed by atoms with Gasteiger partial charge in [-0.05, 0) is 63.5 Å². The van der Waals surface area contributed by atoms with Crippen LogP contribution in [-0.4, -0.2) is 24.3 Å². The molecule has 0 spiro atoms. The first-order chi connectivity index (χ1) is 7.34. The predicted molar refractivity (Wildman–Crippen MR) is 62.7 cm³/mol. The first-order valence-corrected chi connectivity index (χ1v) is 6.38. The minimum atomic E-state index is -0.0191. The van der Waals surface area contributed by atoms with Crippen molar-refractivity contribution in [3.8, 4) is 0 Å². The topological polar surface area (TPSA) is 32.3 Å². The monoisotopic (exact) mass is 209 g/mol. The van der Waals surface area contributed by atoms with E-state index in [1.54, 1.807) is 0 Å². The van der Waals surface area contributed by atoms with Crippen LogP contribution in [0.15, 0.2) is 12.2 Å². The minimum Gasteiger partial charge on any atom is -0.393 e. The Kier molecular flexibility index (Phi) is 4.21. The van der Waals surface area contributed by atoms with Gasteiger partial charge in [-0.2, -0.15) is 0 Å². The van der Waals surface area contributed by atoms with E-state index in [2.05, 4.69) is 17.5 Å². The van der Waals surface area contributed by atoms with Crippen LogP contribution in [0.1, 0.15) is 38.5 Å². The maximum absolute atomic E-state index is 9.41. The third-order valence-electron chi connectivity index (χ3n) is 3.76. The molecule has 2 N–H and O–H groups in total. The molecule has 0 aromatic rings. The average molecular weight is 209 g/mol. The van der Waals surface area contributed by atoms with Crippen molar-refractivity contribution in [1.82, 2.24) is 5.32 Å². The lowest BCUT2D eigenvalue weighted by atomic mass is 9.94. The van der Waals surface area contributed by atoms with Crippen molar-refractivity contribution >= 4 is 0 Å². The molecule has 1 fully saturated rings. The van der Waals surface area contributed by atoms with E-state index < -0.39 is 0 Å². The van der Waals surface area contributed by atoms with Gasteiger partial charge >= 0.3 is 0 Å². The number of nitrogens with one attached hydrogen (secondary N) is 1. The fourth-order valence-corrected chi connectivity index (χ4v) is 2.77. The van der Waals surface area contributed by atoms with Crippen molar-refractivity contribution < 1.29 is 5.11 Å². The van der Waals surface area contributed by atoms with E-state index in [1.165, 1.54) is 25.7 Å². The first-order valence-electron chi connectivity index (χ1n) is 6.38. The molecule has 0 heterocycles. The van der Waals surface area contributed by atoms with E-state index in [0.717, 1.165) is 37.8 Å². The fourth-order valence-electron chi connectivity index (χ4n) is 2.77. The van der Waals surface area contributed by atoms with Crippen LogP contribution in [0, 0.1) is 11.8 Å². The Morgan fingerprint density at radius 2 is 1.93 bits per heavy atom. The Morgan fingerprint density at radius 1 is 1.07 bits per heavy atom. The molecule has 0 aromatic heterocycles. The van der Waals surface area contributed by atoms with Crippen LogP contribution in [0.3, 0.4) is 0 Å². The van der Waals surface area contributed by atoms with Crippen LogP contribution in [0.25, 0.3) is 0 Å². The Bertz CT molecular complexity index is 215. The molecule has 0 aromatic carbocycles. The Labute approximate surface area is 92.8 Å². The number of aliphatic hydroxyl groups is 1. The van der Waals surface area contributed by atoms with Gasteiger partial charge in [0.25, 0.3) is 0 Å². The summed E-state index contributed by atoms with van der Waals surface area (Å²) in [5.41, 5.74) is 0. The lowest BCUT2D eigenvalue weighted by Gasteiger charge is -2.19. The predicted octanol–water partition coefficient (Wildman–Crippen LogP) is 2.09. The lowest BCUT2D eigenvalue weighted by molar-refractivity contribution is 0.177. The van der Waals surface area contributed by atoms with Crippen LogP contribution in [0.5, 0.6) is 0 Å². The summed E-state index contributed by atoms with van der Waals surface area (Å²) in [7, 11) is 0. The molecule has 2 aliphatic carbocycles. The summed E-state index contributed by atoms with van der Waals surface area (Å²) in [6.45, 7) is 2.27. The number of hydrogen-bond acceptors (Lipinski definition) is 2. The Hall–Kier alpha value is -0.340. The van der Waals surface area contributed by atoms with E-state index in [1.807, 2.05) is 0 Å². The largest absolute Gasteiger partial charge is 0.393 e. The zero-order valence-corrected chi connectivity index (χ0v) is 9.49. The number of hydrogen-bond donors (Lipinski definition) is 2. The molecule has 0 saturated heterocycles. The van der Waals surface area contributed by atoms with Crippen molar-refractivity contribution in [1.29, 1.82) is 0 Å². The maximum Gasteiger partial charge on any atom is 0.0543 e. The highest BCUT2D eigenvalue weighted by Gasteiger charge is 2.22. The molecule has 3 unspecified atom stereocenters. The molecule has 15 heavy (non-hydrogen) atoms.